The highest BCUT2D eigenvalue weighted by Gasteiger charge is 2.67. The molecule has 1 amide bonds. The maximum absolute atomic E-state index is 14.1. The Labute approximate surface area is 237 Å². The minimum atomic E-state index is -2.70. The molecule has 11 heteroatoms. The van der Waals surface area contributed by atoms with Gasteiger partial charge in [0.15, 0.2) is 11.4 Å². The lowest BCUT2D eigenvalue weighted by molar-refractivity contribution is -0.184. The SMILES string of the molecule is CN(C)c1ccc(-c2cc(CN)c(O)c3c2C[C@H]2C[C@H]4[C@@H](N(C)C)C(O)C(C(N)=O)C(=O)[C@@]4(O)C(=O)C2=C3O)cc1. The van der Waals surface area contributed by atoms with Crippen LogP contribution in [0.2, 0.25) is 0 Å². The molecule has 6 atom stereocenters. The van der Waals surface area contributed by atoms with Gasteiger partial charge in [0, 0.05) is 49.4 Å². The van der Waals surface area contributed by atoms with E-state index < -0.39 is 58.7 Å². The summed E-state index contributed by atoms with van der Waals surface area (Å²) in [4.78, 5) is 43.3. The molecule has 0 saturated heterocycles. The molecule has 2 aromatic rings. The first-order valence-electron chi connectivity index (χ1n) is 13.5. The normalized spacial score (nSPS) is 29.2. The molecule has 3 aliphatic carbocycles. The number of aliphatic hydroxyl groups is 3. The molecule has 0 spiro atoms. The molecule has 5 rings (SSSR count). The highest BCUT2D eigenvalue weighted by Crippen LogP contribution is 2.53. The number of rotatable bonds is 5. The smallest absolute Gasteiger partial charge is 0.230 e. The topological polar surface area (TPSA) is 191 Å². The number of primary amides is 1. The standard InChI is InChI=1S/C30H36N4O7/c1-33(2)16-7-5-13(6-8-16)17-10-15(12-31)24(35)21-18(17)9-14-11-19-23(34(3)4)26(37)22(29(32)40)28(39)30(19,41)27(38)20(14)25(21)36/h5-8,10,14,19,22-23,26,35-37,41H,9,11-12,31H2,1-4H3,(H2,32,40)/t14-,19-,22?,23+,26?,30-/m0/s1. The van der Waals surface area contributed by atoms with Crippen molar-refractivity contribution < 1.29 is 34.8 Å². The number of hydrogen-bond donors (Lipinski definition) is 6. The van der Waals surface area contributed by atoms with Gasteiger partial charge in [-0.1, -0.05) is 12.1 Å². The minimum absolute atomic E-state index is 0.0280. The third kappa shape index (κ3) is 4.06. The lowest BCUT2D eigenvalue weighted by Crippen LogP contribution is -2.73. The number of benzene rings is 2. The van der Waals surface area contributed by atoms with E-state index in [2.05, 4.69) is 0 Å². The van der Waals surface area contributed by atoms with Crippen molar-refractivity contribution in [3.05, 3.63) is 52.6 Å². The number of carbonyl (C=O) groups is 3. The first-order chi connectivity index (χ1) is 19.2. The maximum atomic E-state index is 14.1. The van der Waals surface area contributed by atoms with E-state index in [-0.39, 0.29) is 36.3 Å². The summed E-state index contributed by atoms with van der Waals surface area (Å²) in [6.07, 6.45) is -1.28. The van der Waals surface area contributed by atoms with E-state index in [9.17, 15) is 34.8 Å². The van der Waals surface area contributed by atoms with Crippen LogP contribution in [0.1, 0.15) is 23.1 Å². The predicted octanol–water partition coefficient (Wildman–Crippen LogP) is 0.321. The van der Waals surface area contributed by atoms with Crippen molar-refractivity contribution in [2.45, 2.75) is 37.1 Å². The number of phenolic OH excluding ortho intramolecular Hbond substituents is 1. The number of likely N-dealkylation sites (N-methyl/N-ethyl adjacent to an activating group) is 1. The molecule has 0 bridgehead atoms. The van der Waals surface area contributed by atoms with Crippen LogP contribution in [0.25, 0.3) is 16.9 Å². The van der Waals surface area contributed by atoms with Crippen molar-refractivity contribution in [2.24, 2.45) is 29.2 Å². The molecule has 8 N–H and O–H groups in total. The molecule has 218 valence electrons. The third-order valence-corrected chi connectivity index (χ3v) is 9.08. The van der Waals surface area contributed by atoms with Gasteiger partial charge in [-0.15, -0.1) is 0 Å². The number of fused-ring (bicyclic) bond motifs is 3. The molecular formula is C30H36N4O7. The van der Waals surface area contributed by atoms with Gasteiger partial charge in [0.05, 0.1) is 11.7 Å². The Morgan fingerprint density at radius 1 is 1.10 bits per heavy atom. The largest absolute Gasteiger partial charge is 0.507 e. The summed E-state index contributed by atoms with van der Waals surface area (Å²) in [5.41, 5.74) is 12.0. The monoisotopic (exact) mass is 564 g/mol. The van der Waals surface area contributed by atoms with Gasteiger partial charge in [-0.25, -0.2) is 0 Å². The van der Waals surface area contributed by atoms with Gasteiger partial charge in [0.1, 0.15) is 17.4 Å². The number of ketones is 2. The van der Waals surface area contributed by atoms with E-state index >= 15 is 0 Å². The molecule has 3 aliphatic rings. The summed E-state index contributed by atoms with van der Waals surface area (Å²) < 4.78 is 0. The zero-order chi connectivity index (χ0) is 30.1. The molecule has 0 aliphatic heterocycles. The summed E-state index contributed by atoms with van der Waals surface area (Å²) in [6.45, 7) is -0.0466. The van der Waals surface area contributed by atoms with Crippen molar-refractivity contribution in [2.75, 3.05) is 33.1 Å². The van der Waals surface area contributed by atoms with Crippen LogP contribution >= 0.6 is 0 Å². The van der Waals surface area contributed by atoms with E-state index in [1.165, 1.54) is 0 Å². The van der Waals surface area contributed by atoms with Crippen molar-refractivity contribution in [3.8, 4) is 16.9 Å². The number of hydrogen-bond acceptors (Lipinski definition) is 10. The summed E-state index contributed by atoms with van der Waals surface area (Å²) in [7, 11) is 7.09. The van der Waals surface area contributed by atoms with E-state index in [0.29, 0.717) is 11.1 Å². The Morgan fingerprint density at radius 3 is 2.27 bits per heavy atom. The number of anilines is 1. The highest BCUT2D eigenvalue weighted by atomic mass is 16.3. The average Bonchev–Trinajstić information content (AvgIpc) is 2.90. The molecule has 41 heavy (non-hydrogen) atoms. The second kappa shape index (κ2) is 9.95. The Balaban J connectivity index is 1.72. The van der Waals surface area contributed by atoms with Gasteiger partial charge in [-0.2, -0.15) is 0 Å². The maximum Gasteiger partial charge on any atom is 0.230 e. The highest BCUT2D eigenvalue weighted by molar-refractivity contribution is 6.25. The van der Waals surface area contributed by atoms with Gasteiger partial charge >= 0.3 is 0 Å². The zero-order valence-corrected chi connectivity index (χ0v) is 23.5. The van der Waals surface area contributed by atoms with Crippen molar-refractivity contribution in [3.63, 3.8) is 0 Å². The lowest BCUT2D eigenvalue weighted by atomic mass is 9.54. The summed E-state index contributed by atoms with van der Waals surface area (Å²) in [5.74, 6) is -7.74. The van der Waals surface area contributed by atoms with E-state index in [0.717, 1.165) is 16.8 Å². The number of amides is 1. The Hall–Kier alpha value is -3.77. The Morgan fingerprint density at radius 2 is 1.73 bits per heavy atom. The number of nitrogens with two attached hydrogens (primary N) is 2. The van der Waals surface area contributed by atoms with Crippen LogP contribution in [-0.2, 0) is 27.3 Å². The van der Waals surface area contributed by atoms with Crippen LogP contribution in [0.4, 0.5) is 5.69 Å². The van der Waals surface area contributed by atoms with Gasteiger partial charge < -0.3 is 41.7 Å². The molecule has 2 aromatic carbocycles. The second-order valence-electron chi connectivity index (χ2n) is 11.7. The van der Waals surface area contributed by atoms with Crippen LogP contribution in [0, 0.1) is 17.8 Å². The lowest BCUT2D eigenvalue weighted by Gasteiger charge is -2.53. The van der Waals surface area contributed by atoms with Gasteiger partial charge in [-0.05, 0) is 67.7 Å². The molecular weight excluding hydrogens is 528 g/mol. The third-order valence-electron chi connectivity index (χ3n) is 9.08. The van der Waals surface area contributed by atoms with Crippen molar-refractivity contribution in [1.29, 1.82) is 0 Å². The van der Waals surface area contributed by atoms with Crippen LogP contribution < -0.4 is 16.4 Å². The summed E-state index contributed by atoms with van der Waals surface area (Å²) in [6, 6.07) is 8.55. The number of nitrogens with zero attached hydrogens (tertiary/aromatic N) is 2. The molecule has 2 unspecified atom stereocenters. The molecule has 0 radical (unpaired) electrons. The van der Waals surface area contributed by atoms with E-state index in [4.69, 9.17) is 11.5 Å². The molecule has 0 heterocycles. The number of Topliss-reactive ketones (excluding diaryl/α,β-unsaturated/α-hetero) is 2. The van der Waals surface area contributed by atoms with Crippen LogP contribution in [-0.4, -0.2) is 88.7 Å². The van der Waals surface area contributed by atoms with Gasteiger partial charge in [0.25, 0.3) is 0 Å². The first kappa shape index (κ1) is 28.7. The van der Waals surface area contributed by atoms with Crippen molar-refractivity contribution >= 4 is 28.9 Å². The van der Waals surface area contributed by atoms with Crippen molar-refractivity contribution in [1.82, 2.24) is 4.90 Å². The zero-order valence-electron chi connectivity index (χ0n) is 23.5. The quantitative estimate of drug-likeness (QED) is 0.276. The molecule has 11 nitrogen and oxygen atoms in total. The fourth-order valence-corrected chi connectivity index (χ4v) is 7.08. The van der Waals surface area contributed by atoms with Gasteiger partial charge in [0.2, 0.25) is 11.7 Å². The molecule has 0 aromatic heterocycles. The summed E-state index contributed by atoms with van der Waals surface area (Å²) in [5, 5.41) is 45.6. The van der Waals surface area contributed by atoms with Crippen LogP contribution in [0.15, 0.2) is 35.9 Å². The number of aromatic hydroxyl groups is 1. The Bertz CT molecular complexity index is 1480. The van der Waals surface area contributed by atoms with E-state index in [1.54, 1.807) is 25.1 Å². The fourth-order valence-electron chi connectivity index (χ4n) is 7.08. The number of carbonyl (C=O) groups excluding carboxylic acids is 3. The first-order valence-corrected chi connectivity index (χ1v) is 13.5. The number of aliphatic hydroxyl groups excluding tert-OH is 2. The van der Waals surface area contributed by atoms with Gasteiger partial charge in [-0.3, -0.25) is 14.4 Å². The van der Waals surface area contributed by atoms with E-state index in [1.807, 2.05) is 43.3 Å². The van der Waals surface area contributed by atoms with Crippen LogP contribution in [0.3, 0.4) is 0 Å². The molecule has 2 fully saturated rings. The minimum Gasteiger partial charge on any atom is -0.507 e. The molecule has 2 saturated carbocycles. The summed E-state index contributed by atoms with van der Waals surface area (Å²) >= 11 is 0. The predicted molar refractivity (Wildman–Crippen MR) is 152 cm³/mol. The number of phenols is 1. The Kier molecular flexibility index (Phi) is 6.98. The second-order valence-corrected chi connectivity index (χ2v) is 11.7. The van der Waals surface area contributed by atoms with Crippen LogP contribution in [0.5, 0.6) is 5.75 Å². The average molecular weight is 565 g/mol. The fraction of sp³-hybridized carbons (Fsp3) is 0.433.